The second-order valence-corrected chi connectivity index (χ2v) is 5.53. The van der Waals surface area contributed by atoms with Crippen molar-refractivity contribution in [2.24, 2.45) is 0 Å². The predicted octanol–water partition coefficient (Wildman–Crippen LogP) is 4.96. The van der Waals surface area contributed by atoms with Gasteiger partial charge in [0.25, 0.3) is 0 Å². The minimum absolute atomic E-state index is 0.684. The van der Waals surface area contributed by atoms with Crippen molar-refractivity contribution in [2.45, 2.75) is 6.92 Å². The molecule has 0 saturated heterocycles. The van der Waals surface area contributed by atoms with Crippen molar-refractivity contribution < 1.29 is 0 Å². The number of hydrogen-bond donors (Lipinski definition) is 0. The minimum Gasteiger partial charge on any atom is -0.309 e. The van der Waals surface area contributed by atoms with Gasteiger partial charge in [0.2, 0.25) is 0 Å². The van der Waals surface area contributed by atoms with Crippen molar-refractivity contribution in [1.29, 1.82) is 5.26 Å². The molecule has 2 heteroatoms. The summed E-state index contributed by atoms with van der Waals surface area (Å²) < 4.78 is 2.23. The van der Waals surface area contributed by atoms with Crippen LogP contribution in [-0.2, 0) is 0 Å². The van der Waals surface area contributed by atoms with Crippen LogP contribution in [0, 0.1) is 18.3 Å². The lowest BCUT2D eigenvalue weighted by atomic mass is 10.1. The zero-order valence-corrected chi connectivity index (χ0v) is 12.2. The summed E-state index contributed by atoms with van der Waals surface area (Å²) in [6.45, 7) is 2.09. The fraction of sp³-hybridized carbons (Fsp3) is 0.0500. The molecule has 0 unspecified atom stereocenters. The van der Waals surface area contributed by atoms with E-state index in [0.717, 1.165) is 16.7 Å². The first kappa shape index (κ1) is 12.7. The first-order chi connectivity index (χ1) is 10.8. The van der Waals surface area contributed by atoms with Crippen LogP contribution in [0.2, 0.25) is 0 Å². The second kappa shape index (κ2) is 4.75. The molecule has 0 aliphatic heterocycles. The fourth-order valence-corrected chi connectivity index (χ4v) is 3.01. The van der Waals surface area contributed by atoms with E-state index in [0.29, 0.717) is 5.56 Å². The Morgan fingerprint density at radius 2 is 1.55 bits per heavy atom. The zero-order valence-electron chi connectivity index (χ0n) is 12.2. The van der Waals surface area contributed by atoms with Gasteiger partial charge in [-0.1, -0.05) is 42.0 Å². The van der Waals surface area contributed by atoms with Crippen LogP contribution < -0.4 is 0 Å². The Hall–Kier alpha value is -3.05. The van der Waals surface area contributed by atoms with E-state index < -0.39 is 0 Å². The van der Waals surface area contributed by atoms with Crippen LogP contribution in [0.25, 0.3) is 27.5 Å². The van der Waals surface area contributed by atoms with E-state index in [-0.39, 0.29) is 0 Å². The van der Waals surface area contributed by atoms with Gasteiger partial charge in [-0.25, -0.2) is 0 Å². The first-order valence-electron chi connectivity index (χ1n) is 7.28. The molecule has 0 aliphatic rings. The summed E-state index contributed by atoms with van der Waals surface area (Å²) >= 11 is 0. The highest BCUT2D eigenvalue weighted by Crippen LogP contribution is 2.32. The maximum absolute atomic E-state index is 9.21. The van der Waals surface area contributed by atoms with Crippen molar-refractivity contribution in [2.75, 3.05) is 0 Å². The second-order valence-electron chi connectivity index (χ2n) is 5.53. The normalized spacial score (nSPS) is 10.9. The Bertz CT molecular complexity index is 1030. The number of para-hydroxylation sites is 1. The van der Waals surface area contributed by atoms with Crippen LogP contribution in [0.4, 0.5) is 0 Å². The highest BCUT2D eigenvalue weighted by Gasteiger charge is 2.12. The molecule has 0 atom stereocenters. The molecule has 1 heterocycles. The van der Waals surface area contributed by atoms with E-state index in [1.54, 1.807) is 0 Å². The molecule has 0 N–H and O–H groups in total. The lowest BCUT2D eigenvalue weighted by Crippen LogP contribution is -1.93. The van der Waals surface area contributed by atoms with Crippen LogP contribution >= 0.6 is 0 Å². The molecular formula is C20H14N2. The third-order valence-corrected chi connectivity index (χ3v) is 4.10. The smallest absolute Gasteiger partial charge is 0.0992 e. The maximum atomic E-state index is 9.21. The summed E-state index contributed by atoms with van der Waals surface area (Å²) in [5.41, 5.74) is 5.28. The topological polar surface area (TPSA) is 28.7 Å². The SMILES string of the molecule is Cc1ccc(-n2c3ccccc3c3ccc(C#N)cc32)cc1. The van der Waals surface area contributed by atoms with Crippen LogP contribution in [0.3, 0.4) is 0 Å². The number of aromatic nitrogens is 1. The molecule has 0 fully saturated rings. The molecule has 2 nitrogen and oxygen atoms in total. The van der Waals surface area contributed by atoms with Gasteiger partial charge < -0.3 is 4.57 Å². The number of rotatable bonds is 1. The molecular weight excluding hydrogens is 268 g/mol. The van der Waals surface area contributed by atoms with Crippen LogP contribution in [0.5, 0.6) is 0 Å². The van der Waals surface area contributed by atoms with E-state index >= 15 is 0 Å². The van der Waals surface area contributed by atoms with Crippen LogP contribution in [-0.4, -0.2) is 4.57 Å². The van der Waals surface area contributed by atoms with Gasteiger partial charge in [-0.05, 0) is 37.3 Å². The lowest BCUT2D eigenvalue weighted by Gasteiger charge is -2.08. The number of aryl methyl sites for hydroxylation is 1. The highest BCUT2D eigenvalue weighted by molar-refractivity contribution is 6.09. The number of nitrogens with zero attached hydrogens (tertiary/aromatic N) is 2. The summed E-state index contributed by atoms with van der Waals surface area (Å²) in [5.74, 6) is 0. The van der Waals surface area contributed by atoms with Crippen molar-refractivity contribution in [3.05, 3.63) is 77.9 Å². The van der Waals surface area contributed by atoms with E-state index in [1.165, 1.54) is 16.3 Å². The van der Waals surface area contributed by atoms with Crippen molar-refractivity contribution in [3.63, 3.8) is 0 Å². The molecule has 4 rings (SSSR count). The molecule has 0 spiro atoms. The Kier molecular flexibility index (Phi) is 2.74. The Labute approximate surface area is 128 Å². The van der Waals surface area contributed by atoms with E-state index in [1.807, 2.05) is 18.2 Å². The molecule has 1 aromatic heterocycles. The molecule has 0 saturated carbocycles. The lowest BCUT2D eigenvalue weighted by molar-refractivity contribution is 1.17. The van der Waals surface area contributed by atoms with Crippen molar-refractivity contribution >= 4 is 21.8 Å². The molecule has 0 amide bonds. The van der Waals surface area contributed by atoms with Gasteiger partial charge in [-0.15, -0.1) is 0 Å². The van der Waals surface area contributed by atoms with E-state index in [2.05, 4.69) is 66.1 Å². The molecule has 22 heavy (non-hydrogen) atoms. The van der Waals surface area contributed by atoms with Gasteiger partial charge >= 0.3 is 0 Å². The van der Waals surface area contributed by atoms with Gasteiger partial charge in [-0.3, -0.25) is 0 Å². The molecule has 0 radical (unpaired) electrons. The van der Waals surface area contributed by atoms with Crippen LogP contribution in [0.15, 0.2) is 66.7 Å². The fourth-order valence-electron chi connectivity index (χ4n) is 3.01. The number of nitriles is 1. The van der Waals surface area contributed by atoms with Gasteiger partial charge in [-0.2, -0.15) is 5.26 Å². The predicted molar refractivity (Wildman–Crippen MR) is 90.2 cm³/mol. The maximum Gasteiger partial charge on any atom is 0.0992 e. The van der Waals surface area contributed by atoms with E-state index in [4.69, 9.17) is 0 Å². The molecule has 104 valence electrons. The average Bonchev–Trinajstić information content (AvgIpc) is 2.89. The Morgan fingerprint density at radius 1 is 0.818 bits per heavy atom. The van der Waals surface area contributed by atoms with Crippen molar-refractivity contribution in [3.8, 4) is 11.8 Å². The molecule has 4 aromatic rings. The third-order valence-electron chi connectivity index (χ3n) is 4.10. The van der Waals surface area contributed by atoms with E-state index in [9.17, 15) is 5.26 Å². The van der Waals surface area contributed by atoms with Crippen LogP contribution in [0.1, 0.15) is 11.1 Å². The molecule has 0 bridgehead atoms. The molecule has 3 aromatic carbocycles. The summed E-state index contributed by atoms with van der Waals surface area (Å²) in [7, 11) is 0. The highest BCUT2D eigenvalue weighted by atomic mass is 15.0. The van der Waals surface area contributed by atoms with Gasteiger partial charge in [0.1, 0.15) is 0 Å². The molecule has 0 aliphatic carbocycles. The standard InChI is InChI=1S/C20H14N2/c1-14-6-9-16(10-7-14)22-19-5-3-2-4-17(19)18-11-8-15(13-21)12-20(18)22/h2-12H,1H3. The van der Waals surface area contributed by atoms with Crippen molar-refractivity contribution in [1.82, 2.24) is 4.57 Å². The Morgan fingerprint density at radius 3 is 2.32 bits per heavy atom. The monoisotopic (exact) mass is 282 g/mol. The minimum atomic E-state index is 0.684. The number of benzene rings is 3. The summed E-state index contributed by atoms with van der Waals surface area (Å²) in [4.78, 5) is 0. The quantitative estimate of drug-likeness (QED) is 0.485. The van der Waals surface area contributed by atoms with Gasteiger partial charge in [0.05, 0.1) is 22.7 Å². The summed E-state index contributed by atoms with van der Waals surface area (Å²) in [6.07, 6.45) is 0. The zero-order chi connectivity index (χ0) is 15.1. The summed E-state index contributed by atoms with van der Waals surface area (Å²) in [5, 5.41) is 11.6. The average molecular weight is 282 g/mol. The Balaban J connectivity index is 2.17. The third kappa shape index (κ3) is 1.80. The number of fused-ring (bicyclic) bond motifs is 3. The largest absolute Gasteiger partial charge is 0.309 e. The number of hydrogen-bond acceptors (Lipinski definition) is 1. The summed E-state index contributed by atoms with van der Waals surface area (Å²) in [6, 6.07) is 25.0. The van der Waals surface area contributed by atoms with Gasteiger partial charge in [0, 0.05) is 16.5 Å². The van der Waals surface area contributed by atoms with Gasteiger partial charge in [0.15, 0.2) is 0 Å². The first-order valence-corrected chi connectivity index (χ1v) is 7.28.